The zero-order valence-corrected chi connectivity index (χ0v) is 11.8. The first-order valence-corrected chi connectivity index (χ1v) is 7.23. The predicted octanol–water partition coefficient (Wildman–Crippen LogP) is 3.47. The Hall–Kier alpha value is -1.62. The van der Waals surface area contributed by atoms with Gasteiger partial charge in [-0.25, -0.2) is 4.79 Å². The average molecular weight is 276 g/mol. The van der Waals surface area contributed by atoms with Gasteiger partial charge in [0, 0.05) is 11.1 Å². The molecule has 2 aromatic rings. The van der Waals surface area contributed by atoms with Crippen LogP contribution >= 0.6 is 11.8 Å². The largest absolute Gasteiger partial charge is 0.476 e. The average Bonchev–Trinajstić information content (AvgIpc) is 2.43. The molecule has 0 fully saturated rings. The molecule has 0 aliphatic heterocycles. The summed E-state index contributed by atoms with van der Waals surface area (Å²) in [4.78, 5) is 12.0. The summed E-state index contributed by atoms with van der Waals surface area (Å²) in [7, 11) is 0. The van der Waals surface area contributed by atoms with E-state index in [2.05, 4.69) is 24.0 Å². The summed E-state index contributed by atoms with van der Waals surface area (Å²) in [5.41, 5.74) is 0.783. The first-order chi connectivity index (χ1) is 9.13. The topological polar surface area (TPSA) is 63.1 Å². The van der Waals surface area contributed by atoms with Crippen molar-refractivity contribution in [2.75, 3.05) is 5.75 Å². The lowest BCUT2D eigenvalue weighted by atomic mass is 10.2. The van der Waals surface area contributed by atoms with E-state index in [4.69, 9.17) is 0 Å². The van der Waals surface area contributed by atoms with E-state index in [0.29, 0.717) is 5.92 Å². The molecule has 1 aromatic heterocycles. The summed E-state index contributed by atoms with van der Waals surface area (Å²) in [6.45, 7) is 4.29. The molecule has 19 heavy (non-hydrogen) atoms. The number of carboxylic acids is 1. The minimum Gasteiger partial charge on any atom is -0.476 e. The Labute approximate surface area is 116 Å². The second-order valence-electron chi connectivity index (χ2n) is 4.52. The Kier molecular flexibility index (Phi) is 4.37. The normalized spacial score (nSPS) is 12.5. The van der Waals surface area contributed by atoms with Gasteiger partial charge in [0.15, 0.2) is 5.69 Å². The van der Waals surface area contributed by atoms with Crippen molar-refractivity contribution >= 4 is 28.6 Å². The zero-order valence-electron chi connectivity index (χ0n) is 11.0. The lowest BCUT2D eigenvalue weighted by Crippen LogP contribution is -2.06. The molecule has 0 amide bonds. The molecule has 2 rings (SSSR count). The third-order valence-electron chi connectivity index (χ3n) is 3.03. The number of aromatic carboxylic acids is 1. The molecule has 5 heteroatoms. The third kappa shape index (κ3) is 3.04. The maximum absolute atomic E-state index is 11.3. The highest BCUT2D eigenvalue weighted by Crippen LogP contribution is 2.30. The lowest BCUT2D eigenvalue weighted by Gasteiger charge is -2.11. The van der Waals surface area contributed by atoms with Crippen LogP contribution < -0.4 is 0 Å². The van der Waals surface area contributed by atoms with Crippen LogP contribution in [0.1, 0.15) is 30.8 Å². The van der Waals surface area contributed by atoms with Gasteiger partial charge in [0.25, 0.3) is 0 Å². The van der Waals surface area contributed by atoms with E-state index in [-0.39, 0.29) is 5.69 Å². The van der Waals surface area contributed by atoms with Crippen LogP contribution in [0.5, 0.6) is 0 Å². The molecule has 1 aromatic carbocycles. The van der Waals surface area contributed by atoms with Gasteiger partial charge < -0.3 is 5.11 Å². The van der Waals surface area contributed by atoms with Crippen molar-refractivity contribution in [3.8, 4) is 0 Å². The Balaban J connectivity index is 2.46. The maximum Gasteiger partial charge on any atom is 0.357 e. The Bertz CT molecular complexity index is 601. The minimum atomic E-state index is -1.02. The van der Waals surface area contributed by atoms with Gasteiger partial charge >= 0.3 is 5.97 Å². The summed E-state index contributed by atoms with van der Waals surface area (Å²) in [6, 6.07) is 7.51. The SMILES string of the molecule is CCC(C)CSc1c(C(=O)O)nnc2ccccc12. The van der Waals surface area contributed by atoms with E-state index in [9.17, 15) is 9.90 Å². The van der Waals surface area contributed by atoms with E-state index in [1.54, 1.807) is 11.8 Å². The van der Waals surface area contributed by atoms with Gasteiger partial charge in [-0.05, 0) is 12.0 Å². The van der Waals surface area contributed by atoms with E-state index < -0.39 is 5.97 Å². The highest BCUT2D eigenvalue weighted by atomic mass is 32.2. The molecule has 1 atom stereocenters. The van der Waals surface area contributed by atoms with Gasteiger partial charge in [-0.15, -0.1) is 22.0 Å². The lowest BCUT2D eigenvalue weighted by molar-refractivity contribution is 0.0685. The van der Waals surface area contributed by atoms with Gasteiger partial charge in [-0.1, -0.05) is 38.5 Å². The van der Waals surface area contributed by atoms with Crippen LogP contribution in [0.2, 0.25) is 0 Å². The molecule has 1 N–H and O–H groups in total. The molecule has 100 valence electrons. The predicted molar refractivity (Wildman–Crippen MR) is 76.7 cm³/mol. The first-order valence-electron chi connectivity index (χ1n) is 6.25. The Morgan fingerprint density at radius 2 is 2.11 bits per heavy atom. The van der Waals surface area contributed by atoms with Crippen LogP contribution in [0.4, 0.5) is 0 Å². The van der Waals surface area contributed by atoms with E-state index >= 15 is 0 Å². The molecule has 0 saturated heterocycles. The molecular weight excluding hydrogens is 260 g/mol. The fourth-order valence-corrected chi connectivity index (χ4v) is 2.94. The van der Waals surface area contributed by atoms with Gasteiger partial charge in [-0.2, -0.15) is 0 Å². The van der Waals surface area contributed by atoms with Gasteiger partial charge in [0.05, 0.1) is 10.4 Å². The molecule has 0 bridgehead atoms. The zero-order chi connectivity index (χ0) is 13.8. The quantitative estimate of drug-likeness (QED) is 0.847. The second-order valence-corrected chi connectivity index (χ2v) is 5.55. The number of carboxylic acid groups (broad SMARTS) is 1. The van der Waals surface area contributed by atoms with Crippen molar-refractivity contribution in [2.24, 2.45) is 5.92 Å². The third-order valence-corrected chi connectivity index (χ3v) is 4.47. The highest BCUT2D eigenvalue weighted by molar-refractivity contribution is 7.99. The molecule has 0 aliphatic carbocycles. The van der Waals surface area contributed by atoms with Crippen LogP contribution in [0, 0.1) is 5.92 Å². The number of benzene rings is 1. The molecule has 4 nitrogen and oxygen atoms in total. The fourth-order valence-electron chi connectivity index (χ4n) is 1.66. The van der Waals surface area contributed by atoms with Crippen LogP contribution in [0.25, 0.3) is 10.9 Å². The molecule has 1 unspecified atom stereocenters. The van der Waals surface area contributed by atoms with Gasteiger partial charge in [0.1, 0.15) is 0 Å². The van der Waals surface area contributed by atoms with Crippen LogP contribution in [0.15, 0.2) is 29.2 Å². The van der Waals surface area contributed by atoms with Crippen LogP contribution in [-0.4, -0.2) is 27.0 Å². The van der Waals surface area contributed by atoms with Crippen molar-refractivity contribution in [1.29, 1.82) is 0 Å². The Morgan fingerprint density at radius 3 is 2.79 bits per heavy atom. The summed E-state index contributed by atoms with van der Waals surface area (Å²) in [5, 5.41) is 17.9. The van der Waals surface area contributed by atoms with Crippen molar-refractivity contribution in [2.45, 2.75) is 25.2 Å². The standard InChI is InChI=1S/C14H16N2O2S/c1-3-9(2)8-19-13-10-6-4-5-7-11(10)15-16-12(13)14(17)18/h4-7,9H,3,8H2,1-2H3,(H,17,18). The van der Waals surface area contributed by atoms with Gasteiger partial charge in [-0.3, -0.25) is 0 Å². The summed E-state index contributed by atoms with van der Waals surface area (Å²) in [6.07, 6.45) is 1.08. The molecule has 0 spiro atoms. The Morgan fingerprint density at radius 1 is 1.37 bits per heavy atom. The minimum absolute atomic E-state index is 0.0482. The molecule has 0 saturated carbocycles. The number of hydrogen-bond acceptors (Lipinski definition) is 4. The van der Waals surface area contributed by atoms with Crippen LogP contribution in [-0.2, 0) is 0 Å². The highest BCUT2D eigenvalue weighted by Gasteiger charge is 2.17. The number of aromatic nitrogens is 2. The maximum atomic E-state index is 11.3. The number of nitrogens with zero attached hydrogens (tertiary/aromatic N) is 2. The van der Waals surface area contributed by atoms with E-state index in [0.717, 1.165) is 28.0 Å². The number of carbonyl (C=O) groups is 1. The van der Waals surface area contributed by atoms with Crippen molar-refractivity contribution in [3.63, 3.8) is 0 Å². The van der Waals surface area contributed by atoms with Crippen LogP contribution in [0.3, 0.4) is 0 Å². The number of hydrogen-bond donors (Lipinski definition) is 1. The molecule has 1 heterocycles. The molecular formula is C14H16N2O2S. The monoisotopic (exact) mass is 276 g/mol. The fraction of sp³-hybridized carbons (Fsp3) is 0.357. The van der Waals surface area contributed by atoms with E-state index in [1.165, 1.54) is 0 Å². The molecule has 0 radical (unpaired) electrons. The number of thioether (sulfide) groups is 1. The summed E-state index contributed by atoms with van der Waals surface area (Å²) >= 11 is 1.55. The first kappa shape index (κ1) is 13.8. The number of rotatable bonds is 5. The van der Waals surface area contributed by atoms with Crippen molar-refractivity contribution in [1.82, 2.24) is 10.2 Å². The van der Waals surface area contributed by atoms with Gasteiger partial charge in [0.2, 0.25) is 0 Å². The summed E-state index contributed by atoms with van der Waals surface area (Å²) in [5.74, 6) is 0.399. The summed E-state index contributed by atoms with van der Waals surface area (Å²) < 4.78 is 0. The van der Waals surface area contributed by atoms with Crippen molar-refractivity contribution in [3.05, 3.63) is 30.0 Å². The second kappa shape index (κ2) is 6.02. The van der Waals surface area contributed by atoms with Crippen molar-refractivity contribution < 1.29 is 9.90 Å². The number of fused-ring (bicyclic) bond motifs is 1. The van der Waals surface area contributed by atoms with E-state index in [1.807, 2.05) is 24.3 Å². The smallest absolute Gasteiger partial charge is 0.357 e. The molecule has 0 aliphatic rings.